The molecule has 0 aliphatic carbocycles. The Morgan fingerprint density at radius 3 is 2.77 bits per heavy atom. The minimum absolute atomic E-state index is 0.0936. The number of rotatable bonds is 6. The van der Waals surface area contributed by atoms with Crippen LogP contribution < -0.4 is 4.90 Å². The van der Waals surface area contributed by atoms with Gasteiger partial charge in [-0.15, -0.1) is 11.8 Å². The SMILES string of the molecule is O=C1CSc2ccccc2N1Cc1nc2ccccc2n1CCCCF. The molecule has 1 aliphatic rings. The lowest BCUT2D eigenvalue weighted by molar-refractivity contribution is -0.116. The Kier molecular flexibility index (Phi) is 4.93. The third-order valence-electron chi connectivity index (χ3n) is 4.61. The minimum atomic E-state index is -0.308. The van der Waals surface area contributed by atoms with Crippen molar-refractivity contribution in [1.82, 2.24) is 9.55 Å². The normalized spacial score (nSPS) is 14.0. The first kappa shape index (κ1) is 17.1. The monoisotopic (exact) mass is 369 g/mol. The van der Waals surface area contributed by atoms with Crippen molar-refractivity contribution >= 4 is 34.4 Å². The number of unbranched alkanes of at least 4 members (excludes halogenated alkanes) is 1. The number of fused-ring (bicyclic) bond motifs is 2. The van der Waals surface area contributed by atoms with Crippen LogP contribution in [0.15, 0.2) is 53.4 Å². The Bertz CT molecular complexity index is 940. The van der Waals surface area contributed by atoms with Crippen LogP contribution >= 0.6 is 11.8 Å². The van der Waals surface area contributed by atoms with E-state index in [9.17, 15) is 9.18 Å². The standard InChI is InChI=1S/C20H20FN3OS/c21-11-5-6-12-23-16-8-2-1-7-15(16)22-19(23)13-24-17-9-3-4-10-18(17)26-14-20(24)25/h1-4,7-10H,5-6,11-14H2. The van der Waals surface area contributed by atoms with E-state index in [1.807, 2.05) is 53.4 Å². The topological polar surface area (TPSA) is 38.1 Å². The van der Waals surface area contributed by atoms with Crippen LogP contribution in [0.3, 0.4) is 0 Å². The number of alkyl halides is 1. The number of hydrogen-bond donors (Lipinski definition) is 0. The van der Waals surface area contributed by atoms with Crippen molar-refractivity contribution in [3.63, 3.8) is 0 Å². The van der Waals surface area contributed by atoms with E-state index in [1.54, 1.807) is 11.8 Å². The van der Waals surface area contributed by atoms with Gasteiger partial charge >= 0.3 is 0 Å². The average Bonchev–Trinajstić information content (AvgIpc) is 3.02. The van der Waals surface area contributed by atoms with Gasteiger partial charge in [-0.05, 0) is 37.1 Å². The minimum Gasteiger partial charge on any atom is -0.326 e. The van der Waals surface area contributed by atoms with Gasteiger partial charge in [-0.2, -0.15) is 0 Å². The first-order chi connectivity index (χ1) is 12.8. The van der Waals surface area contributed by atoms with Gasteiger partial charge in [-0.1, -0.05) is 24.3 Å². The number of hydrogen-bond acceptors (Lipinski definition) is 3. The van der Waals surface area contributed by atoms with Crippen LogP contribution in [0.2, 0.25) is 0 Å². The van der Waals surface area contributed by atoms with Gasteiger partial charge in [0, 0.05) is 11.4 Å². The number of aryl methyl sites for hydroxylation is 1. The molecule has 0 bridgehead atoms. The Morgan fingerprint density at radius 1 is 1.08 bits per heavy atom. The molecule has 4 rings (SSSR count). The number of halogens is 1. The van der Waals surface area contributed by atoms with Gasteiger partial charge in [-0.25, -0.2) is 4.98 Å². The molecule has 0 radical (unpaired) electrons. The number of thioether (sulfide) groups is 1. The van der Waals surface area contributed by atoms with E-state index in [1.165, 1.54) is 0 Å². The summed E-state index contributed by atoms with van der Waals surface area (Å²) < 4.78 is 14.7. The van der Waals surface area contributed by atoms with Gasteiger partial charge in [0.25, 0.3) is 0 Å². The number of amides is 1. The molecule has 1 aliphatic heterocycles. The second-order valence-corrected chi connectivity index (χ2v) is 7.32. The summed E-state index contributed by atoms with van der Waals surface area (Å²) in [5, 5.41) is 0. The number of carbonyl (C=O) groups excluding carboxylic acids is 1. The lowest BCUT2D eigenvalue weighted by Gasteiger charge is -2.28. The van der Waals surface area contributed by atoms with Gasteiger partial charge in [0.1, 0.15) is 5.82 Å². The second-order valence-electron chi connectivity index (χ2n) is 6.30. The summed E-state index contributed by atoms with van der Waals surface area (Å²) in [4.78, 5) is 20.3. The number of nitrogens with zero attached hydrogens (tertiary/aromatic N) is 3. The molecular formula is C20H20FN3OS. The van der Waals surface area contributed by atoms with Crippen molar-refractivity contribution in [3.05, 3.63) is 54.4 Å². The van der Waals surface area contributed by atoms with Crippen LogP contribution in [0.25, 0.3) is 11.0 Å². The lowest BCUT2D eigenvalue weighted by Crippen LogP contribution is -2.35. The zero-order valence-electron chi connectivity index (χ0n) is 14.4. The van der Waals surface area contributed by atoms with Crippen LogP contribution in [-0.2, 0) is 17.9 Å². The van der Waals surface area contributed by atoms with Crippen LogP contribution in [0.1, 0.15) is 18.7 Å². The number of aromatic nitrogens is 2. The lowest BCUT2D eigenvalue weighted by atomic mass is 10.2. The molecule has 0 unspecified atom stereocenters. The van der Waals surface area contributed by atoms with Crippen molar-refractivity contribution in [2.45, 2.75) is 30.8 Å². The van der Waals surface area contributed by atoms with Crippen molar-refractivity contribution < 1.29 is 9.18 Å². The van der Waals surface area contributed by atoms with Gasteiger partial charge in [0.15, 0.2) is 0 Å². The number of carbonyl (C=O) groups is 1. The highest BCUT2D eigenvalue weighted by atomic mass is 32.2. The Labute approximate surface area is 156 Å². The summed E-state index contributed by atoms with van der Waals surface area (Å²) in [7, 11) is 0. The summed E-state index contributed by atoms with van der Waals surface area (Å²) in [6, 6.07) is 15.9. The van der Waals surface area contributed by atoms with Crippen LogP contribution in [0.5, 0.6) is 0 Å². The third-order valence-corrected chi connectivity index (χ3v) is 5.65. The Hall–Kier alpha value is -2.34. The molecule has 0 N–H and O–H groups in total. The van der Waals surface area contributed by atoms with E-state index in [4.69, 9.17) is 4.98 Å². The molecule has 0 fully saturated rings. The molecule has 0 saturated carbocycles. The largest absolute Gasteiger partial charge is 0.326 e. The molecule has 2 heterocycles. The van der Waals surface area contributed by atoms with E-state index in [0.717, 1.165) is 33.9 Å². The zero-order chi connectivity index (χ0) is 17.9. The van der Waals surface area contributed by atoms with E-state index < -0.39 is 0 Å². The fraction of sp³-hybridized carbons (Fsp3) is 0.300. The third kappa shape index (κ3) is 3.21. The molecule has 2 aromatic carbocycles. The maximum absolute atomic E-state index is 12.6. The highest BCUT2D eigenvalue weighted by Gasteiger charge is 2.26. The summed E-state index contributed by atoms with van der Waals surface area (Å²) in [5.74, 6) is 1.38. The highest BCUT2D eigenvalue weighted by Crippen LogP contribution is 2.36. The van der Waals surface area contributed by atoms with Crippen molar-refractivity contribution in [2.75, 3.05) is 17.3 Å². The van der Waals surface area contributed by atoms with Crippen molar-refractivity contribution in [1.29, 1.82) is 0 Å². The predicted octanol–water partition coefficient (Wildman–Crippen LogP) is 4.42. The number of benzene rings is 2. The van der Waals surface area contributed by atoms with E-state index in [2.05, 4.69) is 4.57 Å². The second kappa shape index (κ2) is 7.50. The van der Waals surface area contributed by atoms with E-state index in [-0.39, 0.29) is 12.6 Å². The van der Waals surface area contributed by atoms with Crippen molar-refractivity contribution in [3.8, 4) is 0 Å². The molecule has 4 nitrogen and oxygen atoms in total. The Morgan fingerprint density at radius 2 is 1.88 bits per heavy atom. The maximum atomic E-state index is 12.6. The van der Waals surface area contributed by atoms with Crippen LogP contribution in [0, 0.1) is 0 Å². The van der Waals surface area contributed by atoms with Crippen LogP contribution in [0.4, 0.5) is 10.1 Å². The van der Waals surface area contributed by atoms with Crippen molar-refractivity contribution in [2.24, 2.45) is 0 Å². The predicted molar refractivity (Wildman–Crippen MR) is 103 cm³/mol. The fourth-order valence-corrected chi connectivity index (χ4v) is 4.26. The molecular weight excluding hydrogens is 349 g/mol. The molecule has 0 atom stereocenters. The van der Waals surface area contributed by atoms with Gasteiger partial charge in [0.2, 0.25) is 5.91 Å². The van der Waals surface area contributed by atoms with Gasteiger partial charge in [-0.3, -0.25) is 9.18 Å². The quantitative estimate of drug-likeness (QED) is 0.604. The summed E-state index contributed by atoms with van der Waals surface area (Å²) in [5.41, 5.74) is 2.89. The van der Waals surface area contributed by atoms with Gasteiger partial charge < -0.3 is 9.47 Å². The first-order valence-electron chi connectivity index (χ1n) is 8.80. The molecule has 3 aromatic rings. The van der Waals surface area contributed by atoms with Crippen LogP contribution in [-0.4, -0.2) is 27.9 Å². The maximum Gasteiger partial charge on any atom is 0.237 e. The van der Waals surface area contributed by atoms with Gasteiger partial charge in [0.05, 0.1) is 35.7 Å². The Balaban J connectivity index is 1.70. The molecule has 0 saturated heterocycles. The summed E-state index contributed by atoms with van der Waals surface area (Å²) in [6.07, 6.45) is 1.29. The smallest absolute Gasteiger partial charge is 0.237 e. The highest BCUT2D eigenvalue weighted by molar-refractivity contribution is 8.00. The average molecular weight is 369 g/mol. The number of imidazole rings is 1. The molecule has 6 heteroatoms. The summed E-state index contributed by atoms with van der Waals surface area (Å²) in [6.45, 7) is 0.829. The molecule has 0 spiro atoms. The molecule has 1 amide bonds. The molecule has 134 valence electrons. The van der Waals surface area contributed by atoms with E-state index in [0.29, 0.717) is 25.3 Å². The molecule has 1 aromatic heterocycles. The fourth-order valence-electron chi connectivity index (χ4n) is 3.33. The first-order valence-corrected chi connectivity index (χ1v) is 9.79. The number of anilines is 1. The summed E-state index contributed by atoms with van der Waals surface area (Å²) >= 11 is 1.58. The zero-order valence-corrected chi connectivity index (χ0v) is 15.2. The van der Waals surface area contributed by atoms with E-state index >= 15 is 0 Å². The number of para-hydroxylation sites is 3. The molecule has 26 heavy (non-hydrogen) atoms.